The third kappa shape index (κ3) is 2.99. The molecule has 0 saturated carbocycles. The van der Waals surface area contributed by atoms with Crippen LogP contribution in [0.3, 0.4) is 0 Å². The number of aromatic nitrogens is 2. The number of ether oxygens (including phenoxy) is 1. The summed E-state index contributed by atoms with van der Waals surface area (Å²) in [6.07, 6.45) is 2.05. The van der Waals surface area contributed by atoms with Crippen LogP contribution in [-0.2, 0) is 0 Å². The Morgan fingerprint density at radius 1 is 1.32 bits per heavy atom. The van der Waals surface area contributed by atoms with Crippen molar-refractivity contribution in [2.24, 2.45) is 0 Å². The highest BCUT2D eigenvalue weighted by molar-refractivity contribution is 5.68. The predicted octanol–water partition coefficient (Wildman–Crippen LogP) is 3.11. The minimum absolute atomic E-state index is 0.242. The first-order valence-corrected chi connectivity index (χ1v) is 6.18. The van der Waals surface area contributed by atoms with Gasteiger partial charge in [0.15, 0.2) is 5.82 Å². The molecule has 0 aliphatic carbocycles. The van der Waals surface area contributed by atoms with E-state index >= 15 is 0 Å². The van der Waals surface area contributed by atoms with Crippen LogP contribution in [-0.4, -0.2) is 23.6 Å². The van der Waals surface area contributed by atoms with Crippen LogP contribution in [0.1, 0.15) is 13.3 Å². The van der Waals surface area contributed by atoms with Gasteiger partial charge in [0.05, 0.1) is 12.8 Å². The summed E-state index contributed by atoms with van der Waals surface area (Å²) in [5, 5.41) is 2.80. The van der Waals surface area contributed by atoms with Crippen molar-refractivity contribution in [3.63, 3.8) is 0 Å². The monoisotopic (exact) mass is 261 g/mol. The molecule has 4 nitrogen and oxygen atoms in total. The van der Waals surface area contributed by atoms with Crippen molar-refractivity contribution in [1.82, 2.24) is 9.97 Å². The molecular formula is C14H16FN3O. The molecule has 1 heterocycles. The molecule has 1 N–H and O–H groups in total. The summed E-state index contributed by atoms with van der Waals surface area (Å²) in [5.41, 5.74) is 0.874. The van der Waals surface area contributed by atoms with E-state index in [-0.39, 0.29) is 5.69 Å². The summed E-state index contributed by atoms with van der Waals surface area (Å²) in [7, 11) is 1.69. The van der Waals surface area contributed by atoms with E-state index in [1.165, 1.54) is 0 Å². The second-order valence-corrected chi connectivity index (χ2v) is 3.98. The van der Waals surface area contributed by atoms with Crippen molar-refractivity contribution in [3.05, 3.63) is 36.3 Å². The van der Waals surface area contributed by atoms with Gasteiger partial charge < -0.3 is 10.1 Å². The number of halogens is 1. The number of nitrogens with one attached hydrogen (secondary N) is 1. The molecule has 0 aliphatic heterocycles. The van der Waals surface area contributed by atoms with E-state index in [1.54, 1.807) is 13.1 Å². The van der Waals surface area contributed by atoms with E-state index in [1.807, 2.05) is 25.1 Å². The van der Waals surface area contributed by atoms with Gasteiger partial charge in [0.25, 0.3) is 0 Å². The van der Waals surface area contributed by atoms with Crippen molar-refractivity contribution in [2.45, 2.75) is 13.3 Å². The van der Waals surface area contributed by atoms with Crippen molar-refractivity contribution in [1.29, 1.82) is 0 Å². The molecule has 2 aromatic rings. The lowest BCUT2D eigenvalue weighted by atomic mass is 10.1. The van der Waals surface area contributed by atoms with Crippen molar-refractivity contribution < 1.29 is 9.13 Å². The van der Waals surface area contributed by atoms with Gasteiger partial charge in [-0.1, -0.05) is 19.1 Å². The molecule has 0 radical (unpaired) electrons. The largest absolute Gasteiger partial charge is 0.493 e. The maximum absolute atomic E-state index is 13.9. The van der Waals surface area contributed by atoms with Crippen LogP contribution in [0.25, 0.3) is 11.3 Å². The highest BCUT2D eigenvalue weighted by Gasteiger charge is 2.13. The Balaban J connectivity index is 2.45. The maximum atomic E-state index is 13.9. The third-order valence-corrected chi connectivity index (χ3v) is 2.57. The summed E-state index contributed by atoms with van der Waals surface area (Å²) in [5.74, 6) is 0.539. The number of para-hydroxylation sites is 1. The smallest absolute Gasteiger partial charge is 0.223 e. The Bertz CT molecular complexity index is 560. The Labute approximate surface area is 111 Å². The van der Waals surface area contributed by atoms with Crippen LogP contribution < -0.4 is 10.1 Å². The summed E-state index contributed by atoms with van der Waals surface area (Å²) in [6.45, 7) is 2.61. The molecule has 0 amide bonds. The van der Waals surface area contributed by atoms with Gasteiger partial charge in [0, 0.05) is 12.6 Å². The standard InChI is InChI=1S/C14H16FN3O/c1-3-8-19-12-7-5-4-6-10(12)13-11(15)9-17-14(16-2)18-13/h4-7,9H,3,8H2,1-2H3,(H,16,17,18). The van der Waals surface area contributed by atoms with Crippen LogP contribution >= 0.6 is 0 Å². The van der Waals surface area contributed by atoms with Crippen LogP contribution in [0.4, 0.5) is 10.3 Å². The molecule has 19 heavy (non-hydrogen) atoms. The lowest BCUT2D eigenvalue weighted by molar-refractivity contribution is 0.318. The fourth-order valence-corrected chi connectivity index (χ4v) is 1.68. The Hall–Kier alpha value is -2.17. The lowest BCUT2D eigenvalue weighted by Crippen LogP contribution is -2.02. The van der Waals surface area contributed by atoms with E-state index < -0.39 is 5.82 Å². The van der Waals surface area contributed by atoms with Gasteiger partial charge >= 0.3 is 0 Å². The minimum atomic E-state index is -0.466. The van der Waals surface area contributed by atoms with Crippen molar-refractivity contribution in [2.75, 3.05) is 19.0 Å². The summed E-state index contributed by atoms with van der Waals surface area (Å²) in [6, 6.07) is 7.28. The predicted molar refractivity (Wildman–Crippen MR) is 72.8 cm³/mol. The molecule has 5 heteroatoms. The number of nitrogens with zero attached hydrogens (tertiary/aromatic N) is 2. The average Bonchev–Trinajstić information content (AvgIpc) is 2.46. The molecule has 0 spiro atoms. The van der Waals surface area contributed by atoms with Crippen LogP contribution in [0.2, 0.25) is 0 Å². The Kier molecular flexibility index (Phi) is 4.28. The quantitative estimate of drug-likeness (QED) is 0.898. The average molecular weight is 261 g/mol. The Morgan fingerprint density at radius 2 is 2.11 bits per heavy atom. The van der Waals surface area contributed by atoms with E-state index in [0.717, 1.165) is 12.6 Å². The first kappa shape index (κ1) is 13.3. The lowest BCUT2D eigenvalue weighted by Gasteiger charge is -2.11. The first-order valence-electron chi connectivity index (χ1n) is 6.18. The molecular weight excluding hydrogens is 245 g/mol. The molecule has 0 unspecified atom stereocenters. The Morgan fingerprint density at radius 3 is 2.84 bits per heavy atom. The number of hydrogen-bond donors (Lipinski definition) is 1. The van der Waals surface area contributed by atoms with Crippen molar-refractivity contribution >= 4 is 5.95 Å². The molecule has 0 aliphatic rings. The molecule has 1 aromatic heterocycles. The zero-order valence-electron chi connectivity index (χ0n) is 11.0. The van der Waals surface area contributed by atoms with Crippen LogP contribution in [0.15, 0.2) is 30.5 Å². The van der Waals surface area contributed by atoms with Gasteiger partial charge in [-0.3, -0.25) is 0 Å². The van der Waals surface area contributed by atoms with Crippen molar-refractivity contribution in [3.8, 4) is 17.0 Å². The molecule has 0 atom stereocenters. The topological polar surface area (TPSA) is 47.0 Å². The zero-order chi connectivity index (χ0) is 13.7. The molecule has 0 fully saturated rings. The fourth-order valence-electron chi connectivity index (χ4n) is 1.68. The van der Waals surface area contributed by atoms with E-state index in [2.05, 4.69) is 15.3 Å². The van der Waals surface area contributed by atoms with Gasteiger partial charge in [-0.05, 0) is 18.6 Å². The second-order valence-electron chi connectivity index (χ2n) is 3.98. The summed E-state index contributed by atoms with van der Waals surface area (Å²) >= 11 is 0. The number of benzene rings is 1. The summed E-state index contributed by atoms with van der Waals surface area (Å²) < 4.78 is 19.5. The third-order valence-electron chi connectivity index (χ3n) is 2.57. The number of rotatable bonds is 5. The zero-order valence-corrected chi connectivity index (χ0v) is 11.0. The fraction of sp³-hybridized carbons (Fsp3) is 0.286. The molecule has 100 valence electrons. The van der Waals surface area contributed by atoms with Gasteiger partial charge in [-0.15, -0.1) is 0 Å². The van der Waals surface area contributed by atoms with Gasteiger partial charge in [0.1, 0.15) is 11.4 Å². The first-order chi connectivity index (χ1) is 9.26. The normalized spacial score (nSPS) is 10.3. The SMILES string of the molecule is CCCOc1ccccc1-c1nc(NC)ncc1F. The van der Waals surface area contributed by atoms with E-state index in [0.29, 0.717) is 23.9 Å². The van der Waals surface area contributed by atoms with Crippen LogP contribution in [0, 0.1) is 5.82 Å². The highest BCUT2D eigenvalue weighted by atomic mass is 19.1. The number of anilines is 1. The second kappa shape index (κ2) is 6.13. The molecule has 0 bridgehead atoms. The number of hydrogen-bond acceptors (Lipinski definition) is 4. The van der Waals surface area contributed by atoms with E-state index in [9.17, 15) is 4.39 Å². The van der Waals surface area contributed by atoms with Gasteiger partial charge in [0.2, 0.25) is 5.95 Å². The molecule has 1 aromatic carbocycles. The van der Waals surface area contributed by atoms with Crippen LogP contribution in [0.5, 0.6) is 5.75 Å². The molecule has 2 rings (SSSR count). The maximum Gasteiger partial charge on any atom is 0.223 e. The van der Waals surface area contributed by atoms with Gasteiger partial charge in [-0.2, -0.15) is 0 Å². The highest BCUT2D eigenvalue weighted by Crippen LogP contribution is 2.30. The minimum Gasteiger partial charge on any atom is -0.493 e. The summed E-state index contributed by atoms with van der Waals surface area (Å²) in [4.78, 5) is 7.99. The molecule has 0 saturated heterocycles. The van der Waals surface area contributed by atoms with Gasteiger partial charge in [-0.25, -0.2) is 14.4 Å². The van der Waals surface area contributed by atoms with E-state index in [4.69, 9.17) is 4.74 Å².